The van der Waals surface area contributed by atoms with Crippen LogP contribution >= 0.6 is 23.2 Å². The van der Waals surface area contributed by atoms with Crippen molar-refractivity contribution in [3.8, 4) is 0 Å². The van der Waals surface area contributed by atoms with Gasteiger partial charge in [0, 0.05) is 23.0 Å². The summed E-state index contributed by atoms with van der Waals surface area (Å²) in [5.74, 6) is 0.470. The molecule has 0 saturated heterocycles. The number of halogens is 2. The number of amides is 1. The Morgan fingerprint density at radius 3 is 2.80 bits per heavy atom. The van der Waals surface area contributed by atoms with Crippen LogP contribution < -0.4 is 5.32 Å². The van der Waals surface area contributed by atoms with Crippen LogP contribution in [0.15, 0.2) is 18.2 Å². The molecular weight excluding hydrogens is 233 g/mol. The van der Waals surface area contributed by atoms with Gasteiger partial charge in [0.15, 0.2) is 0 Å². The van der Waals surface area contributed by atoms with Gasteiger partial charge in [-0.25, -0.2) is 0 Å². The van der Waals surface area contributed by atoms with Gasteiger partial charge < -0.3 is 5.32 Å². The number of carbonyl (C=O) groups excluding carboxylic acids is 1. The second-order valence-corrected chi connectivity index (χ2v) is 4.09. The average molecular weight is 246 g/mol. The fourth-order valence-corrected chi connectivity index (χ4v) is 1.44. The highest BCUT2D eigenvalue weighted by Crippen LogP contribution is 2.20. The van der Waals surface area contributed by atoms with Crippen molar-refractivity contribution in [2.75, 3.05) is 11.2 Å². The molecule has 0 fully saturated rings. The van der Waals surface area contributed by atoms with Crippen LogP contribution in [0.4, 0.5) is 5.69 Å². The highest BCUT2D eigenvalue weighted by atomic mass is 35.5. The SMILES string of the molecule is Cc1ccc(NC(=O)CCCCl)cc1Cl. The van der Waals surface area contributed by atoms with E-state index in [1.807, 2.05) is 19.1 Å². The van der Waals surface area contributed by atoms with Crippen LogP contribution in [-0.4, -0.2) is 11.8 Å². The molecule has 0 aromatic heterocycles. The zero-order chi connectivity index (χ0) is 11.3. The first-order valence-electron chi connectivity index (χ1n) is 4.75. The van der Waals surface area contributed by atoms with E-state index in [0.717, 1.165) is 11.3 Å². The Kier molecular flexibility index (Phi) is 4.92. The van der Waals surface area contributed by atoms with Gasteiger partial charge in [0.2, 0.25) is 5.91 Å². The lowest BCUT2D eigenvalue weighted by atomic mass is 10.2. The van der Waals surface area contributed by atoms with Crippen LogP contribution in [0.25, 0.3) is 0 Å². The van der Waals surface area contributed by atoms with Crippen molar-refractivity contribution in [1.82, 2.24) is 0 Å². The molecule has 1 amide bonds. The van der Waals surface area contributed by atoms with Crippen molar-refractivity contribution in [3.05, 3.63) is 28.8 Å². The number of hydrogen-bond donors (Lipinski definition) is 1. The van der Waals surface area contributed by atoms with Gasteiger partial charge in [-0.05, 0) is 31.0 Å². The zero-order valence-corrected chi connectivity index (χ0v) is 10.0. The monoisotopic (exact) mass is 245 g/mol. The number of carbonyl (C=O) groups is 1. The third-order valence-electron chi connectivity index (χ3n) is 1.99. The van der Waals surface area contributed by atoms with Crippen molar-refractivity contribution >= 4 is 34.8 Å². The number of aryl methyl sites for hydroxylation is 1. The predicted molar refractivity (Wildman–Crippen MR) is 64.8 cm³/mol. The summed E-state index contributed by atoms with van der Waals surface area (Å²) in [5, 5.41) is 3.42. The lowest BCUT2D eigenvalue weighted by molar-refractivity contribution is -0.116. The maximum atomic E-state index is 11.4. The topological polar surface area (TPSA) is 29.1 Å². The number of alkyl halides is 1. The zero-order valence-electron chi connectivity index (χ0n) is 8.52. The molecule has 0 atom stereocenters. The Morgan fingerprint density at radius 2 is 2.20 bits per heavy atom. The van der Waals surface area contributed by atoms with Gasteiger partial charge in [0.25, 0.3) is 0 Å². The number of hydrogen-bond acceptors (Lipinski definition) is 1. The maximum Gasteiger partial charge on any atom is 0.224 e. The Morgan fingerprint density at radius 1 is 1.47 bits per heavy atom. The molecule has 0 bridgehead atoms. The van der Waals surface area contributed by atoms with Crippen molar-refractivity contribution < 1.29 is 4.79 Å². The molecule has 82 valence electrons. The Bertz CT molecular complexity index is 352. The summed E-state index contributed by atoms with van der Waals surface area (Å²) >= 11 is 11.4. The molecule has 0 unspecified atom stereocenters. The minimum atomic E-state index is -0.0319. The van der Waals surface area contributed by atoms with Crippen molar-refractivity contribution in [1.29, 1.82) is 0 Å². The van der Waals surface area contributed by atoms with E-state index >= 15 is 0 Å². The van der Waals surface area contributed by atoms with E-state index in [2.05, 4.69) is 5.32 Å². The molecule has 4 heteroatoms. The van der Waals surface area contributed by atoms with Crippen LogP contribution in [-0.2, 0) is 4.79 Å². The van der Waals surface area contributed by atoms with Gasteiger partial charge in [-0.3, -0.25) is 4.79 Å². The fourth-order valence-electron chi connectivity index (χ4n) is 1.12. The predicted octanol–water partition coefficient (Wildman–Crippen LogP) is 3.61. The molecular formula is C11H13Cl2NO. The fraction of sp³-hybridized carbons (Fsp3) is 0.364. The Labute approximate surface area is 99.6 Å². The molecule has 15 heavy (non-hydrogen) atoms. The van der Waals surface area contributed by atoms with Gasteiger partial charge in [-0.15, -0.1) is 11.6 Å². The van der Waals surface area contributed by atoms with Crippen LogP contribution in [0.3, 0.4) is 0 Å². The summed E-state index contributed by atoms with van der Waals surface area (Å²) < 4.78 is 0. The van der Waals surface area contributed by atoms with E-state index in [4.69, 9.17) is 23.2 Å². The molecule has 1 aromatic carbocycles. The van der Waals surface area contributed by atoms with Crippen LogP contribution in [0.5, 0.6) is 0 Å². The van der Waals surface area contributed by atoms with E-state index < -0.39 is 0 Å². The van der Waals surface area contributed by atoms with Crippen LogP contribution in [0.1, 0.15) is 18.4 Å². The second kappa shape index (κ2) is 5.99. The summed E-state index contributed by atoms with van der Waals surface area (Å²) in [7, 11) is 0. The highest BCUT2D eigenvalue weighted by Gasteiger charge is 2.03. The molecule has 1 rings (SSSR count). The molecule has 1 aromatic rings. The van der Waals surface area contributed by atoms with E-state index in [-0.39, 0.29) is 5.91 Å². The number of nitrogens with one attached hydrogen (secondary N) is 1. The first-order chi connectivity index (χ1) is 7.13. The van der Waals surface area contributed by atoms with Gasteiger partial charge in [0.1, 0.15) is 0 Å². The Balaban J connectivity index is 2.57. The first kappa shape index (κ1) is 12.3. The average Bonchev–Trinajstić information content (AvgIpc) is 2.20. The molecule has 0 heterocycles. The molecule has 0 saturated carbocycles. The Hall–Kier alpha value is -0.730. The summed E-state index contributed by atoms with van der Waals surface area (Å²) in [5.41, 5.74) is 1.72. The third kappa shape index (κ3) is 4.10. The van der Waals surface area contributed by atoms with Crippen molar-refractivity contribution in [3.63, 3.8) is 0 Å². The van der Waals surface area contributed by atoms with Crippen LogP contribution in [0, 0.1) is 6.92 Å². The quantitative estimate of drug-likeness (QED) is 0.808. The lowest BCUT2D eigenvalue weighted by Crippen LogP contribution is -2.11. The first-order valence-corrected chi connectivity index (χ1v) is 5.66. The van der Waals surface area contributed by atoms with Gasteiger partial charge in [-0.2, -0.15) is 0 Å². The second-order valence-electron chi connectivity index (χ2n) is 3.30. The van der Waals surface area contributed by atoms with E-state index in [1.165, 1.54) is 0 Å². The number of rotatable bonds is 4. The van der Waals surface area contributed by atoms with Gasteiger partial charge >= 0.3 is 0 Å². The molecule has 0 spiro atoms. The maximum absolute atomic E-state index is 11.4. The summed E-state index contributed by atoms with van der Waals surface area (Å²) in [6.45, 7) is 1.92. The van der Waals surface area contributed by atoms with E-state index in [0.29, 0.717) is 23.7 Å². The van der Waals surface area contributed by atoms with Crippen LogP contribution in [0.2, 0.25) is 5.02 Å². The van der Waals surface area contributed by atoms with Gasteiger partial charge in [0.05, 0.1) is 0 Å². The molecule has 0 aliphatic carbocycles. The minimum Gasteiger partial charge on any atom is -0.326 e. The summed E-state index contributed by atoms with van der Waals surface area (Å²) in [6, 6.07) is 5.45. The minimum absolute atomic E-state index is 0.0319. The number of benzene rings is 1. The normalized spacial score (nSPS) is 10.1. The van der Waals surface area contributed by atoms with Crippen molar-refractivity contribution in [2.24, 2.45) is 0 Å². The molecule has 0 radical (unpaired) electrons. The lowest BCUT2D eigenvalue weighted by Gasteiger charge is -2.06. The standard InChI is InChI=1S/C11H13Cl2NO/c1-8-4-5-9(7-10(8)13)14-11(15)3-2-6-12/h4-5,7H,2-3,6H2,1H3,(H,14,15). The molecule has 0 aliphatic rings. The third-order valence-corrected chi connectivity index (χ3v) is 2.67. The highest BCUT2D eigenvalue weighted by molar-refractivity contribution is 6.31. The number of anilines is 1. The molecule has 1 N–H and O–H groups in total. The van der Waals surface area contributed by atoms with E-state index in [1.54, 1.807) is 6.07 Å². The largest absolute Gasteiger partial charge is 0.326 e. The molecule has 2 nitrogen and oxygen atoms in total. The van der Waals surface area contributed by atoms with Gasteiger partial charge in [-0.1, -0.05) is 17.7 Å². The summed E-state index contributed by atoms with van der Waals surface area (Å²) in [4.78, 5) is 11.4. The smallest absolute Gasteiger partial charge is 0.224 e. The molecule has 0 aliphatic heterocycles. The van der Waals surface area contributed by atoms with E-state index in [9.17, 15) is 4.79 Å². The van der Waals surface area contributed by atoms with Crippen molar-refractivity contribution in [2.45, 2.75) is 19.8 Å². The summed E-state index contributed by atoms with van der Waals surface area (Å²) in [6.07, 6.45) is 1.13.